The van der Waals surface area contributed by atoms with Crippen molar-refractivity contribution in [1.82, 2.24) is 0 Å². The molecule has 1 aliphatic heterocycles. The summed E-state index contributed by atoms with van der Waals surface area (Å²) in [6.45, 7) is 14.1. The van der Waals surface area contributed by atoms with E-state index in [-0.39, 0.29) is 6.61 Å². The summed E-state index contributed by atoms with van der Waals surface area (Å²) in [5.74, 6) is 0. The fourth-order valence-corrected chi connectivity index (χ4v) is 18.8. The van der Waals surface area contributed by atoms with E-state index >= 15 is 0 Å². The number of aliphatic hydroxyl groups is 1. The number of hydrogen-bond acceptors (Lipinski definition) is 4. The molecule has 146 valence electrons. The molecule has 1 rings (SSSR count). The minimum atomic E-state index is -2.28. The number of rotatable bonds is 8. The molecule has 1 heterocycles. The van der Waals surface area contributed by atoms with Crippen LogP contribution in [0, 0.1) is 6.92 Å². The largest absolute Gasteiger partial charge is 0.436 e. The summed E-state index contributed by atoms with van der Waals surface area (Å²) < 4.78 is 20.0. The Kier molecular flexibility index (Phi) is 11.0. The fraction of sp³-hybridized carbons (Fsp3) is 0.941. The Balaban J connectivity index is 0.00000576. The third-order valence-electron chi connectivity index (χ3n) is 4.88. The van der Waals surface area contributed by atoms with Gasteiger partial charge < -0.3 is 24.7 Å². The topological polar surface area (TPSA) is 47.9 Å². The molecule has 0 bridgehead atoms. The van der Waals surface area contributed by atoms with Gasteiger partial charge in [0.15, 0.2) is 8.32 Å². The molecular formula is C17H39O4RfSi3-. The van der Waals surface area contributed by atoms with Gasteiger partial charge in [-0.25, -0.2) is 0 Å². The molecule has 0 spiro atoms. The van der Waals surface area contributed by atoms with Crippen LogP contribution in [0.1, 0.15) is 45.4 Å². The van der Waals surface area contributed by atoms with E-state index in [9.17, 15) is 5.11 Å². The van der Waals surface area contributed by atoms with Gasteiger partial charge >= 0.3 is 17.1 Å². The molecule has 0 amide bonds. The molecule has 0 aromatic heterocycles. The summed E-state index contributed by atoms with van der Waals surface area (Å²) in [6.07, 6.45) is 6.30. The predicted octanol–water partition coefficient (Wildman–Crippen LogP) is 4.96. The van der Waals surface area contributed by atoms with Gasteiger partial charge in [0.25, 0.3) is 0 Å². The molecule has 0 aliphatic carbocycles. The van der Waals surface area contributed by atoms with Gasteiger partial charge in [0.2, 0.25) is 0 Å². The zero-order valence-electron chi connectivity index (χ0n) is 17.1. The van der Waals surface area contributed by atoms with Crippen molar-refractivity contribution in [2.24, 2.45) is 0 Å². The van der Waals surface area contributed by atoms with Crippen molar-refractivity contribution < 1.29 is 17.8 Å². The molecule has 25 heavy (non-hydrogen) atoms. The fourth-order valence-electron chi connectivity index (χ4n) is 3.64. The van der Waals surface area contributed by atoms with E-state index in [0.29, 0.717) is 0 Å². The molecule has 3 unspecified atom stereocenters. The molecule has 8 heteroatoms. The quantitative estimate of drug-likeness (QED) is 0.296. The van der Waals surface area contributed by atoms with Crippen molar-refractivity contribution in [1.29, 1.82) is 0 Å². The van der Waals surface area contributed by atoms with E-state index in [1.807, 2.05) is 0 Å². The molecule has 1 aliphatic rings. The number of hydrogen-bond donors (Lipinski definition) is 1. The van der Waals surface area contributed by atoms with Crippen LogP contribution >= 0.6 is 0 Å². The molecular weight excluding hydrogens is 619 g/mol. The summed E-state index contributed by atoms with van der Waals surface area (Å²) in [5, 5.41) is 9.25. The first-order valence-electron chi connectivity index (χ1n) is 9.75. The van der Waals surface area contributed by atoms with Gasteiger partial charge in [-0.05, 0) is 50.6 Å². The van der Waals surface area contributed by atoms with Gasteiger partial charge in [0.1, 0.15) is 0 Å². The molecule has 1 fully saturated rings. The normalized spacial score (nSPS) is 34.3. The molecule has 0 aromatic carbocycles. The third kappa shape index (κ3) is 8.61. The predicted molar refractivity (Wildman–Crippen MR) is 108 cm³/mol. The van der Waals surface area contributed by atoms with Crippen molar-refractivity contribution in [2.45, 2.75) is 89.3 Å². The third-order valence-corrected chi connectivity index (χ3v) is 18.2. The van der Waals surface area contributed by atoms with E-state index in [2.05, 4.69) is 33.5 Å². The second-order valence-corrected chi connectivity index (χ2v) is 19.1. The summed E-state index contributed by atoms with van der Waals surface area (Å²) in [5.41, 5.74) is 0. The van der Waals surface area contributed by atoms with Crippen molar-refractivity contribution in [3.05, 3.63) is 6.92 Å². The molecule has 1 N–H and O–H groups in total. The first-order chi connectivity index (χ1) is 11.3. The zero-order chi connectivity index (χ0) is 18.1. The average Bonchev–Trinajstić information content (AvgIpc) is 2.50. The van der Waals surface area contributed by atoms with Crippen molar-refractivity contribution in [2.75, 3.05) is 13.2 Å². The minimum absolute atomic E-state index is 0. The Bertz CT molecular complexity index is 367. The monoisotopic (exact) mass is 658 g/mol. The molecule has 0 saturated carbocycles. The molecule has 0 aromatic rings. The maximum absolute atomic E-state index is 9.25. The summed E-state index contributed by atoms with van der Waals surface area (Å²) in [4.78, 5) is 0. The maximum atomic E-state index is 9.25. The summed E-state index contributed by atoms with van der Waals surface area (Å²) in [7, 11) is -6.31. The minimum Gasteiger partial charge on any atom is -0.436 e. The Morgan fingerprint density at radius 3 is 2.24 bits per heavy atom. The Labute approximate surface area is 152 Å². The second-order valence-electron chi connectivity index (χ2n) is 7.76. The van der Waals surface area contributed by atoms with Crippen LogP contribution in [0.25, 0.3) is 0 Å². The van der Waals surface area contributed by atoms with Crippen molar-refractivity contribution in [3.8, 4) is 0 Å². The van der Waals surface area contributed by atoms with Gasteiger partial charge in [0, 0.05) is 13.2 Å². The first-order valence-corrected chi connectivity index (χ1v) is 17.6. The maximum Gasteiger partial charge on any atom is 0.326 e. The van der Waals surface area contributed by atoms with Crippen LogP contribution in [-0.2, 0) is 12.7 Å². The van der Waals surface area contributed by atoms with Crippen molar-refractivity contribution >= 4 is 25.4 Å². The average molecular weight is 659 g/mol. The van der Waals surface area contributed by atoms with E-state index in [1.54, 1.807) is 0 Å². The Hall–Kier alpha value is -0.509. The number of unbranched alkanes of at least 4 members (excludes halogenated alkanes) is 1. The Morgan fingerprint density at radius 2 is 1.64 bits per heavy atom. The Morgan fingerprint density at radius 1 is 0.960 bits per heavy atom. The molecule has 4 nitrogen and oxygen atoms in total. The SMILES string of the molecule is [CH2-]CC[Si]1(C)CCCCO[Si](C)(CCCO)O[Si](C)(CCCC)O1.[Rf]. The van der Waals surface area contributed by atoms with Gasteiger partial charge in [-0.1, -0.05) is 32.2 Å². The van der Waals surface area contributed by atoms with Crippen LogP contribution in [0.2, 0.25) is 43.8 Å². The second kappa shape index (κ2) is 11.3. The van der Waals surface area contributed by atoms with E-state index in [4.69, 9.17) is 12.7 Å². The van der Waals surface area contributed by atoms with Gasteiger partial charge in [-0.2, -0.15) is 6.42 Å². The summed E-state index contributed by atoms with van der Waals surface area (Å²) in [6, 6.07) is 4.23. The van der Waals surface area contributed by atoms with Gasteiger partial charge in [0.05, 0.1) is 0 Å². The van der Waals surface area contributed by atoms with Crippen LogP contribution in [0.3, 0.4) is 0 Å². The van der Waals surface area contributed by atoms with E-state index in [0.717, 1.165) is 50.4 Å². The van der Waals surface area contributed by atoms with E-state index < -0.39 is 25.4 Å². The van der Waals surface area contributed by atoms with Gasteiger partial charge in [-0.15, -0.1) is 0 Å². The van der Waals surface area contributed by atoms with Gasteiger partial charge in [-0.3, -0.25) is 0 Å². The summed E-state index contributed by atoms with van der Waals surface area (Å²) >= 11 is 0. The zero-order valence-corrected chi connectivity index (χ0v) is 26.5. The number of aliphatic hydroxyl groups excluding tert-OH is 1. The smallest absolute Gasteiger partial charge is 0.326 e. The van der Waals surface area contributed by atoms with Crippen LogP contribution in [-0.4, -0.2) is 43.8 Å². The molecule has 1 saturated heterocycles. The van der Waals surface area contributed by atoms with Crippen LogP contribution < -0.4 is 0 Å². The molecule has 0 radical (unpaired) electrons. The first kappa shape index (κ1) is 24.5. The van der Waals surface area contributed by atoms with Crippen LogP contribution in [0.4, 0.5) is 0 Å². The van der Waals surface area contributed by atoms with Crippen molar-refractivity contribution in [3.63, 3.8) is 0 Å². The standard InChI is InChI=1S/C17H39O4Si3.Rf/c1-6-8-16-24(5)20-22(3,14-7-2)15-10-9-13-19-23(4,21-24)17-11-12-18;/h18H,2,6-17H2,1,3-5H3;/q-1;. The van der Waals surface area contributed by atoms with Crippen LogP contribution in [0.15, 0.2) is 0 Å². The van der Waals surface area contributed by atoms with Crippen LogP contribution in [0.5, 0.6) is 0 Å². The van der Waals surface area contributed by atoms with E-state index in [1.165, 1.54) is 18.9 Å². The molecule has 3 atom stereocenters.